The fourth-order valence-electron chi connectivity index (χ4n) is 3.70. The van der Waals surface area contributed by atoms with Crippen LogP contribution in [0.1, 0.15) is 40.8 Å². The van der Waals surface area contributed by atoms with E-state index < -0.39 is 18.0 Å². The Balaban J connectivity index is 1.71. The summed E-state index contributed by atoms with van der Waals surface area (Å²) in [6.45, 7) is 1.97. The number of pyridine rings is 1. The van der Waals surface area contributed by atoms with Gasteiger partial charge in [0.25, 0.3) is 0 Å². The molecule has 1 aromatic carbocycles. The van der Waals surface area contributed by atoms with E-state index in [1.54, 1.807) is 48.4 Å². The molecule has 1 saturated heterocycles. The summed E-state index contributed by atoms with van der Waals surface area (Å²) < 4.78 is 11.3. The van der Waals surface area contributed by atoms with Gasteiger partial charge in [-0.15, -0.1) is 0 Å². The molecule has 0 radical (unpaired) electrons. The molecule has 1 fully saturated rings. The first-order chi connectivity index (χ1) is 15.5. The third-order valence-electron chi connectivity index (χ3n) is 5.11. The Labute approximate surface area is 189 Å². The Morgan fingerprint density at radius 2 is 2.06 bits per heavy atom. The molecule has 8 nitrogen and oxygen atoms in total. The number of carboxylic acids is 1. The second kappa shape index (κ2) is 9.19. The molecule has 164 valence electrons. The predicted octanol–water partition coefficient (Wildman–Crippen LogP) is 3.58. The molecule has 3 heterocycles. The number of nitrogens with one attached hydrogen (secondary N) is 1. The van der Waals surface area contributed by atoms with Gasteiger partial charge in [0.05, 0.1) is 23.9 Å². The number of aromatic carboxylic acids is 1. The fraction of sp³-hybridized carbons (Fsp3) is 0.217. The predicted molar refractivity (Wildman–Crippen MR) is 120 cm³/mol. The number of carbonyl (C=O) groups excluding carboxylic acids is 1. The van der Waals surface area contributed by atoms with E-state index in [2.05, 4.69) is 10.3 Å². The molecule has 1 aliphatic rings. The van der Waals surface area contributed by atoms with Crippen molar-refractivity contribution in [3.63, 3.8) is 0 Å². The normalized spacial score (nSPS) is 17.8. The number of aromatic nitrogens is 1. The standard InChI is InChI=1S/C23H21N3O5S/c1-2-30-19(27)13-26-21(20(25-23(26)32)16-8-3-4-11-24-16)18-10-9-17(31-18)14-6-5-7-15(12-14)22(28)29/h3-12,20-21H,2,13H2,1H3,(H,25,32)(H,28,29)/t20-,21-/m1/s1. The van der Waals surface area contributed by atoms with Gasteiger partial charge < -0.3 is 24.5 Å². The highest BCUT2D eigenvalue weighted by Crippen LogP contribution is 2.40. The van der Waals surface area contributed by atoms with Crippen LogP contribution in [0.4, 0.5) is 0 Å². The molecule has 2 aromatic heterocycles. The van der Waals surface area contributed by atoms with Crippen LogP contribution in [0.5, 0.6) is 0 Å². The molecule has 3 aromatic rings. The third-order valence-corrected chi connectivity index (χ3v) is 5.47. The number of carboxylic acid groups (broad SMARTS) is 1. The number of thiocarbonyl (C=S) groups is 1. The molecular weight excluding hydrogens is 430 g/mol. The van der Waals surface area contributed by atoms with Crippen LogP contribution >= 0.6 is 12.2 Å². The van der Waals surface area contributed by atoms with Crippen molar-refractivity contribution in [1.29, 1.82) is 0 Å². The van der Waals surface area contributed by atoms with Crippen LogP contribution in [-0.2, 0) is 9.53 Å². The van der Waals surface area contributed by atoms with E-state index in [4.69, 9.17) is 21.4 Å². The van der Waals surface area contributed by atoms with Gasteiger partial charge in [0.2, 0.25) is 0 Å². The maximum atomic E-state index is 12.2. The number of carbonyl (C=O) groups is 2. The van der Waals surface area contributed by atoms with E-state index in [1.165, 1.54) is 6.07 Å². The molecule has 4 rings (SSSR count). The average molecular weight is 452 g/mol. The Hall–Kier alpha value is -3.72. The summed E-state index contributed by atoms with van der Waals surface area (Å²) >= 11 is 5.52. The maximum Gasteiger partial charge on any atom is 0.335 e. The lowest BCUT2D eigenvalue weighted by Crippen LogP contribution is -2.35. The van der Waals surface area contributed by atoms with Crippen LogP contribution in [0, 0.1) is 0 Å². The molecule has 0 bridgehead atoms. The summed E-state index contributed by atoms with van der Waals surface area (Å²) in [6.07, 6.45) is 1.69. The second-order valence-electron chi connectivity index (χ2n) is 7.15. The number of furan rings is 1. The minimum Gasteiger partial charge on any atom is -0.478 e. The lowest BCUT2D eigenvalue weighted by molar-refractivity contribution is -0.143. The van der Waals surface area contributed by atoms with Crippen LogP contribution in [-0.4, -0.2) is 45.2 Å². The number of hydrogen-bond acceptors (Lipinski definition) is 6. The van der Waals surface area contributed by atoms with Crippen molar-refractivity contribution >= 4 is 29.3 Å². The van der Waals surface area contributed by atoms with Gasteiger partial charge in [-0.05, 0) is 55.5 Å². The van der Waals surface area contributed by atoms with Gasteiger partial charge in [0.15, 0.2) is 5.11 Å². The van der Waals surface area contributed by atoms with E-state index >= 15 is 0 Å². The highest BCUT2D eigenvalue weighted by Gasteiger charge is 2.42. The molecular formula is C23H21N3O5S. The number of ether oxygens (including phenoxy) is 1. The second-order valence-corrected chi connectivity index (χ2v) is 7.53. The Bertz CT molecular complexity index is 1150. The minimum atomic E-state index is -1.01. The largest absolute Gasteiger partial charge is 0.478 e. The summed E-state index contributed by atoms with van der Waals surface area (Å²) in [4.78, 5) is 29.7. The van der Waals surface area contributed by atoms with Crippen molar-refractivity contribution in [1.82, 2.24) is 15.2 Å². The fourth-order valence-corrected chi connectivity index (χ4v) is 4.01. The highest BCUT2D eigenvalue weighted by molar-refractivity contribution is 7.80. The van der Waals surface area contributed by atoms with Crippen LogP contribution in [0.2, 0.25) is 0 Å². The molecule has 0 saturated carbocycles. The van der Waals surface area contributed by atoms with E-state index in [9.17, 15) is 14.7 Å². The highest BCUT2D eigenvalue weighted by atomic mass is 32.1. The Kier molecular flexibility index (Phi) is 6.18. The molecule has 2 N–H and O–H groups in total. The average Bonchev–Trinajstić information content (AvgIpc) is 3.40. The maximum absolute atomic E-state index is 12.2. The SMILES string of the molecule is CCOC(=O)CN1C(=S)N[C@H](c2ccccn2)[C@H]1c1ccc(-c2cccc(C(=O)O)c2)o1. The van der Waals surface area contributed by atoms with Gasteiger partial charge >= 0.3 is 11.9 Å². The zero-order valence-electron chi connectivity index (χ0n) is 17.2. The lowest BCUT2D eigenvalue weighted by atomic mass is 10.0. The monoisotopic (exact) mass is 451 g/mol. The van der Waals surface area contributed by atoms with E-state index in [0.717, 1.165) is 5.69 Å². The van der Waals surface area contributed by atoms with Crippen molar-refractivity contribution in [2.75, 3.05) is 13.2 Å². The first-order valence-corrected chi connectivity index (χ1v) is 10.5. The number of esters is 1. The number of benzene rings is 1. The van der Waals surface area contributed by atoms with Crippen LogP contribution in [0.15, 0.2) is 65.2 Å². The molecule has 0 amide bonds. The first kappa shape index (κ1) is 21.5. The Morgan fingerprint density at radius 3 is 2.78 bits per heavy atom. The minimum absolute atomic E-state index is 0.0434. The summed E-state index contributed by atoms with van der Waals surface area (Å²) in [5.41, 5.74) is 1.55. The summed E-state index contributed by atoms with van der Waals surface area (Å²) in [7, 11) is 0. The van der Waals surface area contributed by atoms with E-state index in [-0.39, 0.29) is 24.8 Å². The van der Waals surface area contributed by atoms with E-state index in [1.807, 2.05) is 18.2 Å². The molecule has 2 atom stereocenters. The zero-order valence-corrected chi connectivity index (χ0v) is 18.0. The zero-order chi connectivity index (χ0) is 22.7. The quantitative estimate of drug-likeness (QED) is 0.412. The third kappa shape index (κ3) is 4.33. The van der Waals surface area contributed by atoms with Gasteiger partial charge in [-0.1, -0.05) is 18.2 Å². The molecule has 0 unspecified atom stereocenters. The lowest BCUT2D eigenvalue weighted by Gasteiger charge is -2.25. The Morgan fingerprint density at radius 1 is 1.22 bits per heavy atom. The van der Waals surface area contributed by atoms with Gasteiger partial charge in [-0.3, -0.25) is 9.78 Å². The van der Waals surface area contributed by atoms with Gasteiger partial charge in [0, 0.05) is 11.8 Å². The number of nitrogens with zero attached hydrogens (tertiary/aromatic N) is 2. The van der Waals surface area contributed by atoms with Crippen molar-refractivity contribution in [2.45, 2.75) is 19.0 Å². The van der Waals surface area contributed by atoms with Gasteiger partial charge in [-0.25, -0.2) is 4.79 Å². The molecule has 1 aliphatic heterocycles. The topological polar surface area (TPSA) is 105 Å². The van der Waals surface area contributed by atoms with Crippen LogP contribution in [0.25, 0.3) is 11.3 Å². The smallest absolute Gasteiger partial charge is 0.335 e. The first-order valence-electron chi connectivity index (χ1n) is 10.0. The molecule has 32 heavy (non-hydrogen) atoms. The van der Waals surface area contributed by atoms with Gasteiger partial charge in [-0.2, -0.15) is 0 Å². The molecule has 9 heteroatoms. The van der Waals surface area contributed by atoms with Crippen molar-refractivity contribution in [2.24, 2.45) is 0 Å². The van der Waals surface area contributed by atoms with Crippen LogP contribution < -0.4 is 5.32 Å². The van der Waals surface area contributed by atoms with Crippen molar-refractivity contribution in [3.05, 3.63) is 77.8 Å². The summed E-state index contributed by atoms with van der Waals surface area (Å²) in [6, 6.07) is 14.9. The van der Waals surface area contributed by atoms with Crippen molar-refractivity contribution < 1.29 is 23.8 Å². The number of hydrogen-bond donors (Lipinski definition) is 2. The van der Waals surface area contributed by atoms with Crippen LogP contribution in [0.3, 0.4) is 0 Å². The summed E-state index contributed by atoms with van der Waals surface area (Å²) in [5.74, 6) is -0.339. The summed E-state index contributed by atoms with van der Waals surface area (Å²) in [5, 5.41) is 12.9. The molecule has 0 aliphatic carbocycles. The van der Waals surface area contributed by atoms with Crippen molar-refractivity contribution in [3.8, 4) is 11.3 Å². The van der Waals surface area contributed by atoms with Gasteiger partial charge in [0.1, 0.15) is 24.1 Å². The van der Waals surface area contributed by atoms with E-state index in [0.29, 0.717) is 22.2 Å². The number of rotatable bonds is 7. The molecule has 0 spiro atoms.